The fourth-order valence-corrected chi connectivity index (χ4v) is 9.93. The van der Waals surface area contributed by atoms with E-state index < -0.39 is 221 Å². The van der Waals surface area contributed by atoms with Crippen LogP contribution in [0.25, 0.3) is 0 Å². The second-order valence-electron chi connectivity index (χ2n) is 19.5. The molecule has 0 aliphatic carbocycles. The molecule has 5 aliphatic heterocycles. The van der Waals surface area contributed by atoms with E-state index in [0.29, 0.717) is 0 Å². The Kier molecular flexibility index (Phi) is 22.7. The topological polar surface area (TPSA) is 503 Å². The number of nitro benzene ring substituents is 1. The SMILES string of the molecule is CC(=O)N[C@H]1[C@H](O[C@H]2[C@H](O)[C@@H](NC(C)=O)[C@H](O[C@H]3[C@H](O)[C@@H](NC(C)=O)C(Oc4ccc([N+](=O)[O-])cc4)O[C@@H]3CO)O[C@@H]2CO)O[C@H](CO)[C@@H](O[C@@H]2O[C@H](CO)[C@@H](O[C@@H]3O[C@H](CO)[C@@H](O)[C@H](O)[C@H]3NC(C)=O)[C@H](O)[C@H]2NC(C)=O)[C@@H]1O. The van der Waals surface area contributed by atoms with Crippen LogP contribution in [-0.2, 0) is 66.6 Å². The number of carbonyl (C=O) groups is 5. The molecule has 5 aliphatic rings. The highest BCUT2D eigenvalue weighted by molar-refractivity contribution is 5.75. The van der Waals surface area contributed by atoms with Gasteiger partial charge >= 0.3 is 0 Å². The Bertz CT molecular complexity index is 2260. The smallest absolute Gasteiger partial charge is 0.269 e. The molecule has 0 bridgehead atoms. The number of aliphatic hydroxyl groups is 11. The van der Waals surface area contributed by atoms with Crippen molar-refractivity contribution < 1.29 is 132 Å². The van der Waals surface area contributed by atoms with E-state index in [1.807, 2.05) is 0 Å². The zero-order valence-corrected chi connectivity index (χ0v) is 43.6. The van der Waals surface area contributed by atoms with Gasteiger partial charge in [0.25, 0.3) is 5.69 Å². The summed E-state index contributed by atoms with van der Waals surface area (Å²) >= 11 is 0. The second kappa shape index (κ2) is 28.3. The molecule has 25 atom stereocenters. The van der Waals surface area contributed by atoms with Gasteiger partial charge in [0.15, 0.2) is 25.2 Å². The Balaban J connectivity index is 1.22. The van der Waals surface area contributed by atoms with E-state index in [2.05, 4.69) is 26.6 Å². The van der Waals surface area contributed by atoms with Crippen molar-refractivity contribution in [1.82, 2.24) is 26.6 Å². The Hall–Kier alpha value is -5.03. The largest absolute Gasteiger partial charge is 0.463 e. The summed E-state index contributed by atoms with van der Waals surface area (Å²) in [6, 6.07) is -3.51. The molecule has 0 aromatic heterocycles. The summed E-state index contributed by atoms with van der Waals surface area (Å²) in [7, 11) is 0. The van der Waals surface area contributed by atoms with Crippen LogP contribution in [0.4, 0.5) is 5.69 Å². The highest BCUT2D eigenvalue weighted by Gasteiger charge is 2.58. The van der Waals surface area contributed by atoms with E-state index in [9.17, 15) is 90.3 Å². The first-order valence-corrected chi connectivity index (χ1v) is 25.1. The van der Waals surface area contributed by atoms with Crippen LogP contribution in [-0.4, -0.2) is 277 Å². The molecule has 34 heteroatoms. The van der Waals surface area contributed by atoms with E-state index in [-0.39, 0.29) is 11.4 Å². The molecule has 1 aromatic carbocycles. The lowest BCUT2D eigenvalue weighted by Gasteiger charge is -2.51. The average Bonchev–Trinajstić information content (AvgIpc) is 3.39. The van der Waals surface area contributed by atoms with Crippen molar-refractivity contribution in [3.8, 4) is 5.75 Å². The van der Waals surface area contributed by atoms with Crippen molar-refractivity contribution in [2.24, 2.45) is 0 Å². The fourth-order valence-electron chi connectivity index (χ4n) is 9.93. The third-order valence-corrected chi connectivity index (χ3v) is 13.6. The Morgan fingerprint density at radius 1 is 0.425 bits per heavy atom. The zero-order chi connectivity index (χ0) is 59.0. The van der Waals surface area contributed by atoms with Gasteiger partial charge < -0.3 is 130 Å². The maximum atomic E-state index is 12.8. The number of nitrogens with one attached hydrogen (secondary N) is 5. The molecule has 5 heterocycles. The van der Waals surface area contributed by atoms with Gasteiger partial charge in [-0.3, -0.25) is 34.1 Å². The van der Waals surface area contributed by atoms with Crippen LogP contribution in [0.5, 0.6) is 5.75 Å². The van der Waals surface area contributed by atoms with E-state index in [4.69, 9.17) is 47.4 Å². The van der Waals surface area contributed by atoms with Crippen LogP contribution in [0.2, 0.25) is 0 Å². The maximum Gasteiger partial charge on any atom is 0.269 e. The molecule has 0 spiro atoms. The summed E-state index contributed by atoms with van der Waals surface area (Å²) < 4.78 is 59.8. The molecular formula is C46H70N6O28. The zero-order valence-electron chi connectivity index (χ0n) is 43.6. The fraction of sp³-hybridized carbons (Fsp3) is 0.761. The van der Waals surface area contributed by atoms with Crippen molar-refractivity contribution in [3.05, 3.63) is 34.4 Å². The van der Waals surface area contributed by atoms with Gasteiger partial charge in [0.2, 0.25) is 35.8 Å². The number of hydrogen-bond acceptors (Lipinski definition) is 28. The Labute approximate surface area is 454 Å². The van der Waals surface area contributed by atoms with Crippen molar-refractivity contribution in [2.45, 2.75) is 188 Å². The minimum Gasteiger partial charge on any atom is -0.463 e. The van der Waals surface area contributed by atoms with Gasteiger partial charge in [-0.25, -0.2) is 0 Å². The average molecular weight is 1160 g/mol. The minimum absolute atomic E-state index is 0.00883. The third-order valence-electron chi connectivity index (χ3n) is 13.6. The normalized spacial score (nSPS) is 40.2. The molecule has 5 fully saturated rings. The highest BCUT2D eigenvalue weighted by Crippen LogP contribution is 2.36. The summed E-state index contributed by atoms with van der Waals surface area (Å²) in [4.78, 5) is 73.2. The number of hydrogen-bond donors (Lipinski definition) is 16. The first-order valence-electron chi connectivity index (χ1n) is 25.1. The standard InChI is InChI=1S/C46H70N6O28/c1-15(58)47-27-33(64)32(63)22(10-53)72-43(27)77-39-24(12-55)74-45(29(35(39)66)49-17(3)60)79-41-26(14-57)76-46(31(37(41)68)51-19(5)62)80-40-25(13-56)75-44(30(36(40)67)50-18(4)61)78-38-23(11-54)73-42(28(34(38)65)48-16(2)59)71-21-8-6-20(7-9-21)52(69)70/h6-9,22-46,53-57,63-68H,10-14H2,1-5H3,(H,47,58)(H,48,59)(H,49,60)(H,50,61)(H,51,62)/t22-,23-,24-,25-,26-,27-,28-,29-,30-,31-,32-,33-,34-,35-,36-,37-,38-,39-,40-,41-,42?,43+,44+,45+,46+/m1/s1. The number of rotatable bonds is 21. The molecule has 5 amide bonds. The number of nitrogens with zero attached hydrogens (tertiary/aromatic N) is 1. The quantitative estimate of drug-likeness (QED) is 0.0401. The molecule has 0 radical (unpaired) electrons. The van der Waals surface area contributed by atoms with Gasteiger partial charge in [0, 0.05) is 46.8 Å². The molecule has 0 saturated carbocycles. The number of ether oxygens (including phenoxy) is 10. The summed E-state index contributed by atoms with van der Waals surface area (Å²) in [5.74, 6) is -3.87. The van der Waals surface area contributed by atoms with Crippen molar-refractivity contribution in [3.63, 3.8) is 0 Å². The number of benzene rings is 1. The van der Waals surface area contributed by atoms with E-state index in [1.165, 1.54) is 12.1 Å². The van der Waals surface area contributed by atoms with Crippen LogP contribution in [0.3, 0.4) is 0 Å². The molecule has 5 saturated heterocycles. The van der Waals surface area contributed by atoms with Crippen molar-refractivity contribution >= 4 is 35.2 Å². The van der Waals surface area contributed by atoms with E-state index >= 15 is 0 Å². The second-order valence-corrected chi connectivity index (χ2v) is 19.5. The lowest BCUT2D eigenvalue weighted by molar-refractivity contribution is -0.384. The van der Waals surface area contributed by atoms with Gasteiger partial charge in [-0.05, 0) is 12.1 Å². The number of aliphatic hydroxyl groups excluding tert-OH is 11. The number of amides is 5. The van der Waals surface area contributed by atoms with Crippen LogP contribution in [0, 0.1) is 10.1 Å². The summed E-state index contributed by atoms with van der Waals surface area (Å²) in [5.41, 5.74) is -0.281. The summed E-state index contributed by atoms with van der Waals surface area (Å²) in [6.45, 7) is 0.534. The summed E-state index contributed by atoms with van der Waals surface area (Å²) in [5, 5.41) is 145. The molecular weight excluding hydrogens is 1080 g/mol. The van der Waals surface area contributed by atoms with Crippen LogP contribution >= 0.6 is 0 Å². The molecule has 80 heavy (non-hydrogen) atoms. The molecule has 16 N–H and O–H groups in total. The molecule has 452 valence electrons. The van der Waals surface area contributed by atoms with Gasteiger partial charge in [0.05, 0.1) is 38.0 Å². The number of nitro groups is 1. The maximum absolute atomic E-state index is 12.8. The van der Waals surface area contributed by atoms with Gasteiger partial charge in [-0.1, -0.05) is 0 Å². The first-order chi connectivity index (χ1) is 37.8. The predicted molar refractivity (Wildman–Crippen MR) is 256 cm³/mol. The van der Waals surface area contributed by atoms with Crippen LogP contribution in [0.1, 0.15) is 34.6 Å². The highest BCUT2D eigenvalue weighted by atomic mass is 16.8. The Morgan fingerprint density at radius 2 is 0.675 bits per heavy atom. The van der Waals surface area contributed by atoms with E-state index in [1.54, 1.807) is 0 Å². The van der Waals surface area contributed by atoms with Crippen LogP contribution < -0.4 is 31.3 Å². The molecule has 1 unspecified atom stereocenters. The predicted octanol–water partition coefficient (Wildman–Crippen LogP) is -9.21. The number of non-ortho nitro benzene ring substituents is 1. The monoisotopic (exact) mass is 1150 g/mol. The lowest BCUT2D eigenvalue weighted by atomic mass is 9.93. The molecule has 34 nitrogen and oxygen atoms in total. The Morgan fingerprint density at radius 3 is 0.938 bits per heavy atom. The van der Waals surface area contributed by atoms with Gasteiger partial charge in [-0.2, -0.15) is 0 Å². The van der Waals surface area contributed by atoms with Gasteiger partial charge in [0.1, 0.15) is 128 Å². The third kappa shape index (κ3) is 15.0. The van der Waals surface area contributed by atoms with Gasteiger partial charge in [-0.15, -0.1) is 0 Å². The van der Waals surface area contributed by atoms with E-state index in [0.717, 1.165) is 46.8 Å². The molecule has 6 rings (SSSR count). The van der Waals surface area contributed by atoms with Crippen molar-refractivity contribution in [2.75, 3.05) is 33.0 Å². The first kappa shape index (κ1) is 64.1. The minimum atomic E-state index is -2.03. The summed E-state index contributed by atoms with van der Waals surface area (Å²) in [6.07, 6.45) is -35.4. The molecule has 1 aromatic rings. The van der Waals surface area contributed by atoms with Crippen molar-refractivity contribution in [1.29, 1.82) is 0 Å². The lowest BCUT2D eigenvalue weighted by Crippen LogP contribution is -2.72. The van der Waals surface area contributed by atoms with Crippen LogP contribution in [0.15, 0.2) is 24.3 Å². The number of carbonyl (C=O) groups excluding carboxylic acids is 5.